The van der Waals surface area contributed by atoms with Crippen molar-refractivity contribution < 1.29 is 14.7 Å². The summed E-state index contributed by atoms with van der Waals surface area (Å²) < 4.78 is 1.08. The van der Waals surface area contributed by atoms with Crippen LogP contribution in [0.1, 0.15) is 41.4 Å². The molecule has 0 aliphatic heterocycles. The fourth-order valence-electron chi connectivity index (χ4n) is 1.89. The van der Waals surface area contributed by atoms with Crippen molar-refractivity contribution in [2.24, 2.45) is 7.05 Å². The van der Waals surface area contributed by atoms with Gasteiger partial charge in [0.2, 0.25) is 0 Å². The van der Waals surface area contributed by atoms with Gasteiger partial charge in [-0.2, -0.15) is 5.10 Å². The molecule has 1 amide bonds. The van der Waals surface area contributed by atoms with Crippen LogP contribution in [0, 0.1) is 13.8 Å². The first-order valence-electron chi connectivity index (χ1n) is 6.37. The zero-order valence-corrected chi connectivity index (χ0v) is 12.1. The zero-order valence-electron chi connectivity index (χ0n) is 12.1. The van der Waals surface area contributed by atoms with Gasteiger partial charge in [0.1, 0.15) is 11.6 Å². The quantitative estimate of drug-likeness (QED) is 0.812. The van der Waals surface area contributed by atoms with E-state index in [4.69, 9.17) is 5.11 Å². The van der Waals surface area contributed by atoms with E-state index in [1.165, 1.54) is 7.05 Å². The van der Waals surface area contributed by atoms with Crippen LogP contribution in [0.15, 0.2) is 4.79 Å². The van der Waals surface area contributed by atoms with Crippen LogP contribution in [-0.4, -0.2) is 32.8 Å². The van der Waals surface area contributed by atoms with E-state index < -0.39 is 23.5 Å². The SMILES string of the molecule is CCC[C@@H](NC(=O)c1c(C)c(C)nn(C)c1=O)C(=O)O. The van der Waals surface area contributed by atoms with Gasteiger partial charge in [-0.05, 0) is 25.8 Å². The van der Waals surface area contributed by atoms with Crippen LogP contribution in [0.3, 0.4) is 0 Å². The third kappa shape index (κ3) is 3.23. The fourth-order valence-corrected chi connectivity index (χ4v) is 1.89. The molecule has 7 heteroatoms. The Bertz CT molecular complexity index is 592. The number of aryl methyl sites for hydroxylation is 2. The number of aromatic nitrogens is 2. The maximum absolute atomic E-state index is 12.2. The van der Waals surface area contributed by atoms with Crippen molar-refractivity contribution in [3.63, 3.8) is 0 Å². The van der Waals surface area contributed by atoms with Crippen molar-refractivity contribution in [3.8, 4) is 0 Å². The maximum atomic E-state index is 12.2. The second-order valence-corrected chi connectivity index (χ2v) is 4.67. The topological polar surface area (TPSA) is 101 Å². The Hall–Kier alpha value is -2.18. The number of carboxylic acids is 1. The molecule has 7 nitrogen and oxygen atoms in total. The number of carbonyl (C=O) groups is 2. The first-order chi connectivity index (χ1) is 9.29. The molecule has 0 aromatic carbocycles. The van der Waals surface area contributed by atoms with Gasteiger partial charge in [0.25, 0.3) is 11.5 Å². The molecular weight excluding hydrogens is 262 g/mol. The van der Waals surface area contributed by atoms with Crippen molar-refractivity contribution in [1.29, 1.82) is 0 Å². The molecular formula is C13H19N3O4. The molecule has 0 saturated carbocycles. The van der Waals surface area contributed by atoms with Gasteiger partial charge >= 0.3 is 5.97 Å². The largest absolute Gasteiger partial charge is 0.480 e. The van der Waals surface area contributed by atoms with Gasteiger partial charge in [-0.15, -0.1) is 0 Å². The lowest BCUT2D eigenvalue weighted by atomic mass is 10.1. The van der Waals surface area contributed by atoms with Gasteiger partial charge in [-0.1, -0.05) is 13.3 Å². The summed E-state index contributed by atoms with van der Waals surface area (Å²) in [5.74, 6) is -1.78. The van der Waals surface area contributed by atoms with Crippen LogP contribution in [0.25, 0.3) is 0 Å². The highest BCUT2D eigenvalue weighted by Crippen LogP contribution is 2.07. The molecule has 1 rings (SSSR count). The van der Waals surface area contributed by atoms with E-state index in [1.807, 2.05) is 6.92 Å². The van der Waals surface area contributed by atoms with Gasteiger partial charge in [0, 0.05) is 7.05 Å². The zero-order chi connectivity index (χ0) is 15.4. The molecule has 1 aromatic rings. The fraction of sp³-hybridized carbons (Fsp3) is 0.538. The predicted octanol–water partition coefficient (Wildman–Crippen LogP) is 0.380. The molecule has 1 atom stereocenters. The van der Waals surface area contributed by atoms with E-state index in [0.29, 0.717) is 24.1 Å². The Morgan fingerprint density at radius 3 is 2.50 bits per heavy atom. The summed E-state index contributed by atoms with van der Waals surface area (Å²) in [4.78, 5) is 35.2. The van der Waals surface area contributed by atoms with Gasteiger partial charge in [0.05, 0.1) is 5.69 Å². The van der Waals surface area contributed by atoms with Crippen LogP contribution in [0.2, 0.25) is 0 Å². The molecule has 0 aliphatic carbocycles. The third-order valence-corrected chi connectivity index (χ3v) is 3.13. The lowest BCUT2D eigenvalue weighted by molar-refractivity contribution is -0.139. The Morgan fingerprint density at radius 1 is 1.40 bits per heavy atom. The van der Waals surface area contributed by atoms with Gasteiger partial charge in [-0.25, -0.2) is 9.48 Å². The van der Waals surface area contributed by atoms with E-state index in [-0.39, 0.29) is 5.56 Å². The lowest BCUT2D eigenvalue weighted by Gasteiger charge is -2.15. The molecule has 1 heterocycles. The summed E-state index contributed by atoms with van der Waals surface area (Å²) in [7, 11) is 1.45. The summed E-state index contributed by atoms with van der Waals surface area (Å²) in [6.07, 6.45) is 0.925. The summed E-state index contributed by atoms with van der Waals surface area (Å²) >= 11 is 0. The van der Waals surface area contributed by atoms with E-state index in [2.05, 4.69) is 10.4 Å². The Kier molecular flexibility index (Phi) is 5.01. The minimum absolute atomic E-state index is 0.0534. The van der Waals surface area contributed by atoms with Crippen molar-refractivity contribution >= 4 is 11.9 Å². The third-order valence-electron chi connectivity index (χ3n) is 3.13. The van der Waals surface area contributed by atoms with Crippen LogP contribution in [-0.2, 0) is 11.8 Å². The average Bonchev–Trinajstić information content (AvgIpc) is 2.36. The highest BCUT2D eigenvalue weighted by atomic mass is 16.4. The Balaban J connectivity index is 3.16. The van der Waals surface area contributed by atoms with Crippen molar-refractivity contribution in [1.82, 2.24) is 15.1 Å². The highest BCUT2D eigenvalue weighted by molar-refractivity contribution is 5.97. The van der Waals surface area contributed by atoms with E-state index in [9.17, 15) is 14.4 Å². The maximum Gasteiger partial charge on any atom is 0.326 e. The summed E-state index contributed by atoms with van der Waals surface area (Å²) in [6.45, 7) is 5.13. The molecule has 0 radical (unpaired) electrons. The Morgan fingerprint density at radius 2 is 2.00 bits per heavy atom. The predicted molar refractivity (Wildman–Crippen MR) is 72.8 cm³/mol. The Labute approximate surface area is 116 Å². The van der Waals surface area contributed by atoms with Crippen LogP contribution >= 0.6 is 0 Å². The average molecular weight is 281 g/mol. The standard InChI is InChI=1S/C13H19N3O4/c1-5-6-9(13(19)20)14-11(17)10-7(2)8(3)15-16(4)12(10)18/h9H,5-6H2,1-4H3,(H,14,17)(H,19,20)/t9-/m1/s1. The number of aliphatic carboxylic acids is 1. The number of hydrogen-bond acceptors (Lipinski definition) is 4. The highest BCUT2D eigenvalue weighted by Gasteiger charge is 2.23. The van der Waals surface area contributed by atoms with Gasteiger partial charge < -0.3 is 10.4 Å². The molecule has 0 saturated heterocycles. The van der Waals surface area contributed by atoms with Crippen LogP contribution in [0.5, 0.6) is 0 Å². The summed E-state index contributed by atoms with van der Waals surface area (Å²) in [5.41, 5.74) is 0.430. The molecule has 20 heavy (non-hydrogen) atoms. The van der Waals surface area contributed by atoms with Crippen molar-refractivity contribution in [3.05, 3.63) is 27.2 Å². The van der Waals surface area contributed by atoms with Gasteiger partial charge in [0.15, 0.2) is 0 Å². The summed E-state index contributed by atoms with van der Waals surface area (Å²) in [5, 5.41) is 15.4. The first-order valence-corrected chi connectivity index (χ1v) is 6.37. The number of nitrogens with zero attached hydrogens (tertiary/aromatic N) is 2. The number of rotatable bonds is 5. The second kappa shape index (κ2) is 6.31. The minimum atomic E-state index is -1.11. The number of carboxylic acid groups (broad SMARTS) is 1. The molecule has 0 spiro atoms. The van der Waals surface area contributed by atoms with Gasteiger partial charge in [-0.3, -0.25) is 9.59 Å². The molecule has 2 N–H and O–H groups in total. The molecule has 0 unspecified atom stereocenters. The van der Waals surface area contributed by atoms with Crippen LogP contribution in [0.4, 0.5) is 0 Å². The van der Waals surface area contributed by atoms with Crippen molar-refractivity contribution in [2.45, 2.75) is 39.7 Å². The summed E-state index contributed by atoms with van der Waals surface area (Å²) in [6, 6.07) is -0.995. The molecule has 0 bridgehead atoms. The number of hydrogen-bond donors (Lipinski definition) is 2. The number of amides is 1. The smallest absolute Gasteiger partial charge is 0.326 e. The lowest BCUT2D eigenvalue weighted by Crippen LogP contribution is -2.43. The number of carbonyl (C=O) groups excluding carboxylic acids is 1. The minimum Gasteiger partial charge on any atom is -0.480 e. The monoisotopic (exact) mass is 281 g/mol. The second-order valence-electron chi connectivity index (χ2n) is 4.67. The van der Waals surface area contributed by atoms with Crippen molar-refractivity contribution in [2.75, 3.05) is 0 Å². The molecule has 110 valence electrons. The van der Waals surface area contributed by atoms with Crippen LogP contribution < -0.4 is 10.9 Å². The van der Waals surface area contributed by atoms with E-state index in [1.54, 1.807) is 13.8 Å². The number of nitrogens with one attached hydrogen (secondary N) is 1. The van der Waals surface area contributed by atoms with E-state index in [0.717, 1.165) is 4.68 Å². The molecule has 0 fully saturated rings. The van der Waals surface area contributed by atoms with E-state index >= 15 is 0 Å². The molecule has 0 aliphatic rings. The first kappa shape index (κ1) is 15.9. The molecule has 1 aromatic heterocycles. The normalized spacial score (nSPS) is 12.0.